The summed E-state index contributed by atoms with van der Waals surface area (Å²) in [5.41, 5.74) is 3.87. The highest BCUT2D eigenvalue weighted by Gasteiger charge is 2.11. The van der Waals surface area contributed by atoms with Gasteiger partial charge in [-0.2, -0.15) is 0 Å². The fourth-order valence-electron chi connectivity index (χ4n) is 1.75. The SMILES string of the molecule is Cc1ccc(-c2cc3occc3o2)n1C. The van der Waals surface area contributed by atoms with E-state index in [1.165, 1.54) is 5.69 Å². The monoisotopic (exact) mass is 201 g/mol. The molecular formula is C12H11NO2. The van der Waals surface area contributed by atoms with Gasteiger partial charge in [-0.15, -0.1) is 0 Å². The molecule has 0 aliphatic carbocycles. The molecule has 0 amide bonds. The summed E-state index contributed by atoms with van der Waals surface area (Å²) >= 11 is 0. The molecule has 3 heteroatoms. The molecule has 0 aromatic carbocycles. The number of nitrogens with zero attached hydrogens (tertiary/aromatic N) is 1. The number of aromatic nitrogens is 1. The first-order valence-corrected chi connectivity index (χ1v) is 4.85. The van der Waals surface area contributed by atoms with Crippen molar-refractivity contribution >= 4 is 11.2 Å². The van der Waals surface area contributed by atoms with Crippen LogP contribution >= 0.6 is 0 Å². The van der Waals surface area contributed by atoms with Gasteiger partial charge < -0.3 is 13.4 Å². The Labute approximate surface area is 86.9 Å². The van der Waals surface area contributed by atoms with Crippen molar-refractivity contribution in [1.82, 2.24) is 4.57 Å². The molecule has 0 saturated heterocycles. The molecule has 3 aromatic heterocycles. The summed E-state index contributed by atoms with van der Waals surface area (Å²) in [6, 6.07) is 7.87. The van der Waals surface area contributed by atoms with Crippen LogP contribution < -0.4 is 0 Å². The first-order valence-electron chi connectivity index (χ1n) is 4.85. The van der Waals surface area contributed by atoms with Crippen molar-refractivity contribution in [2.45, 2.75) is 6.92 Å². The summed E-state index contributed by atoms with van der Waals surface area (Å²) in [6.45, 7) is 2.07. The molecule has 0 fully saturated rings. The molecule has 3 aromatic rings. The number of hydrogen-bond donors (Lipinski definition) is 0. The van der Waals surface area contributed by atoms with E-state index in [2.05, 4.69) is 17.6 Å². The van der Waals surface area contributed by atoms with Gasteiger partial charge in [-0.05, 0) is 19.1 Å². The van der Waals surface area contributed by atoms with E-state index in [-0.39, 0.29) is 0 Å². The van der Waals surface area contributed by atoms with Crippen LogP contribution in [0.3, 0.4) is 0 Å². The quantitative estimate of drug-likeness (QED) is 0.604. The molecule has 76 valence electrons. The molecule has 0 bridgehead atoms. The zero-order chi connectivity index (χ0) is 10.4. The molecule has 0 unspecified atom stereocenters. The second kappa shape index (κ2) is 2.79. The molecule has 15 heavy (non-hydrogen) atoms. The Kier molecular flexibility index (Phi) is 1.57. The van der Waals surface area contributed by atoms with Gasteiger partial charge in [0.1, 0.15) is 0 Å². The van der Waals surface area contributed by atoms with Crippen molar-refractivity contribution in [3.8, 4) is 11.5 Å². The third kappa shape index (κ3) is 1.13. The molecule has 3 nitrogen and oxygen atoms in total. The Morgan fingerprint density at radius 2 is 2.00 bits per heavy atom. The smallest absolute Gasteiger partial charge is 0.173 e. The zero-order valence-corrected chi connectivity index (χ0v) is 8.65. The fourth-order valence-corrected chi connectivity index (χ4v) is 1.75. The van der Waals surface area contributed by atoms with Crippen LogP contribution in [0.4, 0.5) is 0 Å². The van der Waals surface area contributed by atoms with Crippen LogP contribution in [0.2, 0.25) is 0 Å². The van der Waals surface area contributed by atoms with Crippen molar-refractivity contribution in [3.05, 3.63) is 36.2 Å². The van der Waals surface area contributed by atoms with Crippen LogP contribution in [-0.4, -0.2) is 4.57 Å². The van der Waals surface area contributed by atoms with Crippen LogP contribution in [0.5, 0.6) is 0 Å². The maximum absolute atomic E-state index is 5.67. The van der Waals surface area contributed by atoms with E-state index in [1.54, 1.807) is 6.26 Å². The van der Waals surface area contributed by atoms with E-state index in [1.807, 2.05) is 25.2 Å². The lowest BCUT2D eigenvalue weighted by Gasteiger charge is -2.00. The topological polar surface area (TPSA) is 31.2 Å². The number of aryl methyl sites for hydroxylation is 1. The minimum atomic E-state index is 0.795. The molecule has 0 saturated carbocycles. The molecule has 0 N–H and O–H groups in total. The van der Waals surface area contributed by atoms with Crippen LogP contribution in [0, 0.1) is 6.92 Å². The summed E-state index contributed by atoms with van der Waals surface area (Å²) in [7, 11) is 2.02. The first kappa shape index (κ1) is 8.41. The van der Waals surface area contributed by atoms with Crippen molar-refractivity contribution in [1.29, 1.82) is 0 Å². The van der Waals surface area contributed by atoms with Gasteiger partial charge in [0, 0.05) is 24.9 Å². The van der Waals surface area contributed by atoms with E-state index < -0.39 is 0 Å². The lowest BCUT2D eigenvalue weighted by Crippen LogP contribution is -1.92. The Bertz CT molecular complexity index is 584. The van der Waals surface area contributed by atoms with Crippen molar-refractivity contribution in [2.24, 2.45) is 7.05 Å². The van der Waals surface area contributed by atoms with Crippen molar-refractivity contribution < 1.29 is 8.83 Å². The number of hydrogen-bond acceptors (Lipinski definition) is 2. The Morgan fingerprint density at radius 1 is 1.13 bits per heavy atom. The maximum atomic E-state index is 5.67. The van der Waals surface area contributed by atoms with E-state index in [0.29, 0.717) is 0 Å². The van der Waals surface area contributed by atoms with E-state index in [0.717, 1.165) is 22.6 Å². The predicted molar refractivity (Wildman–Crippen MR) is 57.6 cm³/mol. The standard InChI is InChI=1S/C12H11NO2/c1-8-3-4-9(13(8)2)11-7-12-10(15-11)5-6-14-12/h3-7H,1-2H3. The van der Waals surface area contributed by atoms with Crippen LogP contribution in [0.1, 0.15) is 5.69 Å². The molecule has 3 heterocycles. The van der Waals surface area contributed by atoms with Crippen molar-refractivity contribution in [2.75, 3.05) is 0 Å². The minimum Gasteiger partial charge on any atom is -0.461 e. The second-order valence-electron chi connectivity index (χ2n) is 3.68. The van der Waals surface area contributed by atoms with Crippen LogP contribution in [-0.2, 0) is 7.05 Å². The number of furan rings is 2. The third-order valence-electron chi connectivity index (χ3n) is 2.76. The van der Waals surface area contributed by atoms with Gasteiger partial charge in [0.25, 0.3) is 0 Å². The van der Waals surface area contributed by atoms with Crippen LogP contribution in [0.15, 0.2) is 39.4 Å². The molecule has 0 aliphatic rings. The summed E-state index contributed by atoms with van der Waals surface area (Å²) in [4.78, 5) is 0. The van der Waals surface area contributed by atoms with E-state index in [9.17, 15) is 0 Å². The highest BCUT2D eigenvalue weighted by Crippen LogP contribution is 2.29. The average molecular weight is 201 g/mol. The van der Waals surface area contributed by atoms with Gasteiger partial charge in [-0.3, -0.25) is 0 Å². The molecular weight excluding hydrogens is 190 g/mol. The first-order chi connectivity index (χ1) is 7.25. The van der Waals surface area contributed by atoms with Gasteiger partial charge in [0.15, 0.2) is 16.9 Å². The highest BCUT2D eigenvalue weighted by molar-refractivity contribution is 5.77. The fraction of sp³-hybridized carbons (Fsp3) is 0.167. The minimum absolute atomic E-state index is 0.795. The summed E-state index contributed by atoms with van der Waals surface area (Å²) in [5, 5.41) is 0. The summed E-state index contributed by atoms with van der Waals surface area (Å²) < 4.78 is 13.0. The molecule has 0 spiro atoms. The maximum Gasteiger partial charge on any atom is 0.173 e. The Balaban J connectivity index is 2.21. The molecule has 3 rings (SSSR count). The predicted octanol–water partition coefficient (Wildman–Crippen LogP) is 3.34. The Hall–Kier alpha value is -1.90. The summed E-state index contributed by atoms with van der Waals surface area (Å²) in [6.07, 6.45) is 1.63. The van der Waals surface area contributed by atoms with Crippen LogP contribution in [0.25, 0.3) is 22.6 Å². The van der Waals surface area contributed by atoms with Gasteiger partial charge >= 0.3 is 0 Å². The lowest BCUT2D eigenvalue weighted by molar-refractivity contribution is 0.611. The van der Waals surface area contributed by atoms with Crippen molar-refractivity contribution in [3.63, 3.8) is 0 Å². The van der Waals surface area contributed by atoms with Gasteiger partial charge in [0.2, 0.25) is 0 Å². The molecule has 0 radical (unpaired) electrons. The molecule has 0 atom stereocenters. The lowest BCUT2D eigenvalue weighted by atomic mass is 10.3. The number of fused-ring (bicyclic) bond motifs is 1. The molecule has 0 aliphatic heterocycles. The van der Waals surface area contributed by atoms with Gasteiger partial charge in [-0.25, -0.2) is 0 Å². The zero-order valence-electron chi connectivity index (χ0n) is 8.65. The second-order valence-corrected chi connectivity index (χ2v) is 3.68. The van der Waals surface area contributed by atoms with E-state index >= 15 is 0 Å². The Morgan fingerprint density at radius 3 is 2.67 bits per heavy atom. The average Bonchev–Trinajstić information content (AvgIpc) is 2.82. The highest BCUT2D eigenvalue weighted by atomic mass is 16.4. The van der Waals surface area contributed by atoms with Gasteiger partial charge in [0.05, 0.1) is 12.0 Å². The third-order valence-corrected chi connectivity index (χ3v) is 2.76. The van der Waals surface area contributed by atoms with E-state index in [4.69, 9.17) is 8.83 Å². The summed E-state index contributed by atoms with van der Waals surface area (Å²) in [5.74, 6) is 0.847. The largest absolute Gasteiger partial charge is 0.461 e. The normalized spacial score (nSPS) is 11.3. The number of rotatable bonds is 1. The van der Waals surface area contributed by atoms with Gasteiger partial charge in [-0.1, -0.05) is 0 Å².